The van der Waals surface area contributed by atoms with Crippen LogP contribution in [0.4, 0.5) is 10.5 Å². The van der Waals surface area contributed by atoms with E-state index in [0.29, 0.717) is 44.8 Å². The third kappa shape index (κ3) is 4.22. The number of pyridine rings is 1. The summed E-state index contributed by atoms with van der Waals surface area (Å²) in [5.41, 5.74) is 2.64. The van der Waals surface area contributed by atoms with Gasteiger partial charge in [0.05, 0.1) is 31.4 Å². The summed E-state index contributed by atoms with van der Waals surface area (Å²) in [6.45, 7) is 2.06. The predicted octanol–water partition coefficient (Wildman–Crippen LogP) is 0.700. The SMILES string of the molecule is CS(=O)(=O)N1CCC(NC(=O)Nc2cnc3c(c2)COCC3)CC1. The van der Waals surface area contributed by atoms with Gasteiger partial charge in [0.15, 0.2) is 0 Å². The van der Waals surface area contributed by atoms with Gasteiger partial charge in [-0.05, 0) is 18.9 Å². The van der Waals surface area contributed by atoms with Crippen molar-refractivity contribution in [1.82, 2.24) is 14.6 Å². The number of fused-ring (bicyclic) bond motifs is 1. The van der Waals surface area contributed by atoms with Gasteiger partial charge in [-0.15, -0.1) is 0 Å². The molecule has 2 amide bonds. The maximum absolute atomic E-state index is 12.1. The minimum absolute atomic E-state index is 0.0306. The molecule has 2 aliphatic rings. The van der Waals surface area contributed by atoms with Crippen LogP contribution in [-0.4, -0.2) is 55.7 Å². The number of amides is 2. The molecule has 1 saturated heterocycles. The lowest BCUT2D eigenvalue weighted by Gasteiger charge is -2.30. The highest BCUT2D eigenvalue weighted by Crippen LogP contribution is 2.19. The lowest BCUT2D eigenvalue weighted by molar-refractivity contribution is 0.109. The Bertz CT molecular complexity index is 714. The maximum atomic E-state index is 12.1. The van der Waals surface area contributed by atoms with Crippen molar-refractivity contribution < 1.29 is 17.9 Å². The highest BCUT2D eigenvalue weighted by atomic mass is 32.2. The molecule has 132 valence electrons. The van der Waals surface area contributed by atoms with Gasteiger partial charge in [-0.25, -0.2) is 17.5 Å². The fraction of sp³-hybridized carbons (Fsp3) is 0.600. The summed E-state index contributed by atoms with van der Waals surface area (Å²) < 4.78 is 29.8. The molecule has 1 fully saturated rings. The summed E-state index contributed by atoms with van der Waals surface area (Å²) in [5.74, 6) is 0. The summed E-state index contributed by atoms with van der Waals surface area (Å²) in [4.78, 5) is 16.5. The van der Waals surface area contributed by atoms with Crippen LogP contribution in [0, 0.1) is 0 Å². The summed E-state index contributed by atoms with van der Waals surface area (Å²) in [5, 5.41) is 5.67. The minimum Gasteiger partial charge on any atom is -0.376 e. The number of carbonyl (C=O) groups is 1. The Hall–Kier alpha value is -1.71. The standard InChI is InChI=1S/C15H22N4O4S/c1-24(21,22)19-5-2-12(3-6-19)17-15(20)18-13-8-11-10-23-7-4-14(11)16-9-13/h8-9,12H,2-7,10H2,1H3,(H2,17,18,20). The first-order valence-electron chi connectivity index (χ1n) is 8.00. The van der Waals surface area contributed by atoms with E-state index in [1.165, 1.54) is 10.6 Å². The molecule has 9 heteroatoms. The van der Waals surface area contributed by atoms with Gasteiger partial charge < -0.3 is 15.4 Å². The largest absolute Gasteiger partial charge is 0.376 e. The molecular weight excluding hydrogens is 332 g/mol. The van der Waals surface area contributed by atoms with Crippen molar-refractivity contribution in [3.8, 4) is 0 Å². The van der Waals surface area contributed by atoms with Crippen molar-refractivity contribution in [2.24, 2.45) is 0 Å². The number of hydrogen-bond donors (Lipinski definition) is 2. The molecule has 0 unspecified atom stereocenters. The summed E-state index contributed by atoms with van der Waals surface area (Å²) in [7, 11) is -3.15. The molecule has 0 spiro atoms. The summed E-state index contributed by atoms with van der Waals surface area (Å²) >= 11 is 0. The summed E-state index contributed by atoms with van der Waals surface area (Å²) in [6, 6.07) is 1.55. The van der Waals surface area contributed by atoms with Gasteiger partial charge >= 0.3 is 6.03 Å². The highest BCUT2D eigenvalue weighted by molar-refractivity contribution is 7.88. The molecule has 0 bridgehead atoms. The van der Waals surface area contributed by atoms with E-state index in [2.05, 4.69) is 15.6 Å². The second-order valence-electron chi connectivity index (χ2n) is 6.17. The Labute approximate surface area is 141 Å². The van der Waals surface area contributed by atoms with Crippen LogP contribution in [0.15, 0.2) is 12.3 Å². The van der Waals surface area contributed by atoms with Gasteiger partial charge in [0.25, 0.3) is 0 Å². The minimum atomic E-state index is -3.15. The third-order valence-corrected chi connectivity index (χ3v) is 5.62. The molecular formula is C15H22N4O4S. The predicted molar refractivity (Wildman–Crippen MR) is 89.2 cm³/mol. The number of urea groups is 1. The van der Waals surface area contributed by atoms with Crippen LogP contribution in [0.25, 0.3) is 0 Å². The second kappa shape index (κ2) is 7.04. The van der Waals surface area contributed by atoms with Crippen LogP contribution in [0.5, 0.6) is 0 Å². The Morgan fingerprint density at radius 3 is 2.83 bits per heavy atom. The Kier molecular flexibility index (Phi) is 5.02. The van der Waals surface area contributed by atoms with Gasteiger partial charge in [0.2, 0.25) is 10.0 Å². The number of aromatic nitrogens is 1. The topological polar surface area (TPSA) is 101 Å². The number of rotatable bonds is 3. The quantitative estimate of drug-likeness (QED) is 0.832. The number of nitrogens with one attached hydrogen (secondary N) is 2. The van der Waals surface area contributed by atoms with Gasteiger partial charge in [-0.3, -0.25) is 4.98 Å². The molecule has 3 heterocycles. The van der Waals surface area contributed by atoms with Gasteiger partial charge in [-0.1, -0.05) is 0 Å². The van der Waals surface area contributed by atoms with Crippen LogP contribution in [0.3, 0.4) is 0 Å². The zero-order valence-electron chi connectivity index (χ0n) is 13.6. The van der Waals surface area contributed by atoms with Crippen LogP contribution < -0.4 is 10.6 Å². The van der Waals surface area contributed by atoms with E-state index in [1.807, 2.05) is 6.07 Å². The van der Waals surface area contributed by atoms with Crippen molar-refractivity contribution in [3.63, 3.8) is 0 Å². The summed E-state index contributed by atoms with van der Waals surface area (Å²) in [6.07, 6.45) is 4.87. The molecule has 1 aromatic heterocycles. The molecule has 0 aliphatic carbocycles. The molecule has 1 aromatic rings. The third-order valence-electron chi connectivity index (χ3n) is 4.32. The molecule has 0 saturated carbocycles. The van der Waals surface area contributed by atoms with Crippen LogP contribution in [0.2, 0.25) is 0 Å². The molecule has 0 aromatic carbocycles. The smallest absolute Gasteiger partial charge is 0.319 e. The number of anilines is 1. The lowest BCUT2D eigenvalue weighted by atomic mass is 10.1. The molecule has 8 nitrogen and oxygen atoms in total. The monoisotopic (exact) mass is 354 g/mol. The van der Waals surface area contributed by atoms with E-state index < -0.39 is 10.0 Å². The van der Waals surface area contributed by atoms with Crippen molar-refractivity contribution in [3.05, 3.63) is 23.5 Å². The first kappa shape index (κ1) is 17.1. The van der Waals surface area contributed by atoms with E-state index in [4.69, 9.17) is 4.74 Å². The molecule has 2 N–H and O–H groups in total. The molecule has 3 rings (SSSR count). The average Bonchev–Trinajstić information content (AvgIpc) is 2.54. The average molecular weight is 354 g/mol. The maximum Gasteiger partial charge on any atom is 0.319 e. The molecule has 2 aliphatic heterocycles. The first-order chi connectivity index (χ1) is 11.4. The fourth-order valence-corrected chi connectivity index (χ4v) is 3.87. The van der Waals surface area contributed by atoms with Crippen molar-refractivity contribution in [1.29, 1.82) is 0 Å². The highest BCUT2D eigenvalue weighted by Gasteiger charge is 2.25. The zero-order valence-corrected chi connectivity index (χ0v) is 14.4. The Morgan fingerprint density at radius 2 is 2.12 bits per heavy atom. The van der Waals surface area contributed by atoms with E-state index in [-0.39, 0.29) is 12.1 Å². The van der Waals surface area contributed by atoms with Crippen molar-refractivity contribution >= 4 is 21.7 Å². The van der Waals surface area contributed by atoms with Gasteiger partial charge in [0, 0.05) is 36.8 Å². The first-order valence-corrected chi connectivity index (χ1v) is 9.85. The Morgan fingerprint density at radius 1 is 1.38 bits per heavy atom. The fourth-order valence-electron chi connectivity index (χ4n) is 2.99. The van der Waals surface area contributed by atoms with E-state index in [1.54, 1.807) is 6.20 Å². The normalized spacial score (nSPS) is 19.5. The Balaban J connectivity index is 1.51. The number of carbonyl (C=O) groups excluding carboxylic acids is 1. The van der Waals surface area contributed by atoms with E-state index >= 15 is 0 Å². The number of ether oxygens (including phenoxy) is 1. The zero-order chi connectivity index (χ0) is 17.2. The van der Waals surface area contributed by atoms with Crippen LogP contribution >= 0.6 is 0 Å². The molecule has 24 heavy (non-hydrogen) atoms. The van der Waals surface area contributed by atoms with Crippen LogP contribution in [-0.2, 0) is 27.8 Å². The van der Waals surface area contributed by atoms with Crippen LogP contribution in [0.1, 0.15) is 24.1 Å². The second-order valence-corrected chi connectivity index (χ2v) is 8.15. The number of hydrogen-bond acceptors (Lipinski definition) is 5. The lowest BCUT2D eigenvalue weighted by Crippen LogP contribution is -2.47. The van der Waals surface area contributed by atoms with Crippen molar-refractivity contribution in [2.45, 2.75) is 31.9 Å². The molecule has 0 radical (unpaired) electrons. The van der Waals surface area contributed by atoms with Gasteiger partial charge in [0.1, 0.15) is 0 Å². The van der Waals surface area contributed by atoms with Gasteiger partial charge in [-0.2, -0.15) is 0 Å². The van der Waals surface area contributed by atoms with Crippen molar-refractivity contribution in [2.75, 3.05) is 31.3 Å². The number of piperidine rings is 1. The number of sulfonamides is 1. The van der Waals surface area contributed by atoms with E-state index in [0.717, 1.165) is 17.7 Å². The van der Waals surface area contributed by atoms with E-state index in [9.17, 15) is 13.2 Å². The molecule has 0 atom stereocenters. The number of nitrogens with zero attached hydrogens (tertiary/aromatic N) is 2.